The number of nitrogens with zero attached hydrogens (tertiary/aromatic N) is 3. The van der Waals surface area contributed by atoms with Gasteiger partial charge in [0.25, 0.3) is 0 Å². The quantitative estimate of drug-likeness (QED) is 0.159. The van der Waals surface area contributed by atoms with Crippen LogP contribution in [-0.2, 0) is 13.0 Å². The lowest BCUT2D eigenvalue weighted by atomic mass is 9.94. The molecule has 0 fully saturated rings. The summed E-state index contributed by atoms with van der Waals surface area (Å²) in [6.07, 6.45) is 10.7. The SMILES string of the molecule is C=NC1=C(C=NCc2cccc(-n3c4ccccc4c4ccc(C5=CCC(c6ccccc6C)=C(C)C=C5)cc43)c2)Cc2ccccc21. The molecule has 0 N–H and O–H groups in total. The number of benzene rings is 5. The highest BCUT2D eigenvalue weighted by Crippen LogP contribution is 2.37. The third-order valence-electron chi connectivity index (χ3n) is 9.80. The minimum atomic E-state index is 0.591. The Hall–Kier alpha value is -5.80. The van der Waals surface area contributed by atoms with E-state index in [1.807, 2.05) is 6.21 Å². The first-order valence-electron chi connectivity index (χ1n) is 16.6. The van der Waals surface area contributed by atoms with Gasteiger partial charge in [0, 0.05) is 40.2 Å². The fourth-order valence-corrected chi connectivity index (χ4v) is 7.35. The number of fused-ring (bicyclic) bond motifs is 4. The Morgan fingerprint density at radius 1 is 0.750 bits per heavy atom. The first kappa shape index (κ1) is 29.6. The molecule has 0 spiro atoms. The van der Waals surface area contributed by atoms with Gasteiger partial charge < -0.3 is 4.57 Å². The average Bonchev–Trinajstić information content (AvgIpc) is 3.57. The third-order valence-corrected chi connectivity index (χ3v) is 9.80. The predicted octanol–water partition coefficient (Wildman–Crippen LogP) is 11.1. The molecule has 232 valence electrons. The maximum Gasteiger partial charge on any atom is 0.0748 e. The summed E-state index contributed by atoms with van der Waals surface area (Å²) in [6, 6.07) is 41.5. The molecule has 6 aromatic rings. The zero-order valence-corrected chi connectivity index (χ0v) is 27.4. The van der Waals surface area contributed by atoms with Crippen LogP contribution in [0.2, 0.25) is 0 Å². The van der Waals surface area contributed by atoms with Crippen molar-refractivity contribution < 1.29 is 0 Å². The molecule has 1 heterocycles. The van der Waals surface area contributed by atoms with E-state index in [-0.39, 0.29) is 0 Å². The molecular formula is C45H37N3. The van der Waals surface area contributed by atoms with E-state index in [9.17, 15) is 0 Å². The zero-order chi connectivity index (χ0) is 32.6. The van der Waals surface area contributed by atoms with Crippen LogP contribution >= 0.6 is 0 Å². The normalized spacial score (nSPS) is 14.7. The zero-order valence-electron chi connectivity index (χ0n) is 27.4. The number of hydrogen-bond donors (Lipinski definition) is 0. The van der Waals surface area contributed by atoms with Gasteiger partial charge in [0.2, 0.25) is 0 Å². The lowest BCUT2D eigenvalue weighted by Crippen LogP contribution is -1.96. The smallest absolute Gasteiger partial charge is 0.0748 e. The Morgan fingerprint density at radius 2 is 1.54 bits per heavy atom. The third kappa shape index (κ3) is 5.28. The van der Waals surface area contributed by atoms with Crippen molar-refractivity contribution >= 4 is 51.6 Å². The van der Waals surface area contributed by atoms with Gasteiger partial charge in [0.15, 0.2) is 0 Å². The first-order valence-corrected chi connectivity index (χ1v) is 16.6. The molecule has 8 rings (SSSR count). The van der Waals surface area contributed by atoms with Gasteiger partial charge in [-0.1, -0.05) is 109 Å². The molecule has 5 aromatic carbocycles. The van der Waals surface area contributed by atoms with Crippen molar-refractivity contribution in [2.75, 3.05) is 0 Å². The van der Waals surface area contributed by atoms with Gasteiger partial charge in [0.1, 0.15) is 0 Å². The van der Waals surface area contributed by atoms with Crippen molar-refractivity contribution in [1.29, 1.82) is 0 Å². The molecule has 0 saturated carbocycles. The summed E-state index contributed by atoms with van der Waals surface area (Å²) < 4.78 is 2.40. The summed E-state index contributed by atoms with van der Waals surface area (Å²) in [5.41, 5.74) is 17.0. The molecule has 0 amide bonds. The molecule has 0 atom stereocenters. The number of hydrogen-bond acceptors (Lipinski definition) is 2. The number of allylic oxidation sites excluding steroid dienone is 7. The molecule has 0 unspecified atom stereocenters. The molecule has 0 bridgehead atoms. The van der Waals surface area contributed by atoms with E-state index in [2.05, 4.69) is 164 Å². The van der Waals surface area contributed by atoms with E-state index in [0.717, 1.165) is 40.9 Å². The van der Waals surface area contributed by atoms with E-state index >= 15 is 0 Å². The topological polar surface area (TPSA) is 29.6 Å². The average molecular weight is 620 g/mol. The lowest BCUT2D eigenvalue weighted by Gasteiger charge is -2.11. The number of para-hydroxylation sites is 1. The predicted molar refractivity (Wildman–Crippen MR) is 205 cm³/mol. The highest BCUT2D eigenvalue weighted by Gasteiger charge is 2.19. The lowest BCUT2D eigenvalue weighted by molar-refractivity contribution is 1.06. The molecule has 1 aromatic heterocycles. The van der Waals surface area contributed by atoms with E-state index in [0.29, 0.717) is 6.54 Å². The van der Waals surface area contributed by atoms with Crippen molar-refractivity contribution in [3.63, 3.8) is 0 Å². The molecule has 2 aliphatic carbocycles. The number of aliphatic imine (C=N–C) groups is 2. The van der Waals surface area contributed by atoms with E-state index in [4.69, 9.17) is 4.99 Å². The van der Waals surface area contributed by atoms with Gasteiger partial charge in [0.05, 0.1) is 23.3 Å². The van der Waals surface area contributed by atoms with Crippen LogP contribution in [0.3, 0.4) is 0 Å². The van der Waals surface area contributed by atoms with Crippen molar-refractivity contribution in [2.24, 2.45) is 9.98 Å². The molecular weight excluding hydrogens is 583 g/mol. The van der Waals surface area contributed by atoms with Crippen LogP contribution in [0.25, 0.3) is 44.3 Å². The Kier molecular flexibility index (Phi) is 7.66. The van der Waals surface area contributed by atoms with Crippen LogP contribution in [0.4, 0.5) is 0 Å². The first-order chi connectivity index (χ1) is 23.6. The highest BCUT2D eigenvalue weighted by atomic mass is 15.0. The summed E-state index contributed by atoms with van der Waals surface area (Å²) in [5, 5.41) is 2.51. The second kappa shape index (κ2) is 12.4. The molecule has 0 radical (unpaired) electrons. The standard InChI is InChI=1S/C45H37N3/c1-30-11-4-6-15-38(30)39-23-21-33(20-19-31(39)2)34-22-24-42-41-17-8-9-18-43(41)48(44(42)27-34)37-14-10-12-32(25-37)28-47-29-36-26-35-13-5-7-16-40(35)45(36)46-3/h4-22,24-25,27,29H,3,23,26,28H2,1-2H3. The van der Waals surface area contributed by atoms with Gasteiger partial charge in [-0.05, 0) is 95.8 Å². The van der Waals surface area contributed by atoms with Gasteiger partial charge in [-0.25, -0.2) is 0 Å². The summed E-state index contributed by atoms with van der Waals surface area (Å²) in [7, 11) is 0. The van der Waals surface area contributed by atoms with Gasteiger partial charge in [-0.15, -0.1) is 0 Å². The second-order valence-electron chi connectivity index (χ2n) is 12.8. The van der Waals surface area contributed by atoms with Crippen LogP contribution in [0, 0.1) is 6.92 Å². The number of aromatic nitrogens is 1. The van der Waals surface area contributed by atoms with Crippen LogP contribution in [-0.4, -0.2) is 17.5 Å². The molecule has 0 aliphatic heterocycles. The minimum Gasteiger partial charge on any atom is -0.309 e. The van der Waals surface area contributed by atoms with Crippen LogP contribution in [0.15, 0.2) is 155 Å². The van der Waals surface area contributed by atoms with Crippen LogP contribution < -0.4 is 0 Å². The minimum absolute atomic E-state index is 0.591. The summed E-state index contributed by atoms with van der Waals surface area (Å²) in [5.74, 6) is 0. The Morgan fingerprint density at radius 3 is 2.42 bits per heavy atom. The fraction of sp³-hybridized carbons (Fsp3) is 0.111. The van der Waals surface area contributed by atoms with Gasteiger partial charge in [-0.3, -0.25) is 9.98 Å². The summed E-state index contributed by atoms with van der Waals surface area (Å²) in [4.78, 5) is 9.21. The molecule has 3 heteroatoms. The van der Waals surface area contributed by atoms with Crippen molar-refractivity contribution in [3.8, 4) is 5.69 Å². The molecule has 0 saturated heterocycles. The maximum atomic E-state index is 4.88. The van der Waals surface area contributed by atoms with E-state index in [1.165, 1.54) is 60.8 Å². The van der Waals surface area contributed by atoms with Crippen molar-refractivity contribution in [3.05, 3.63) is 178 Å². The Bertz CT molecular complexity index is 2410. The molecule has 48 heavy (non-hydrogen) atoms. The fourth-order valence-electron chi connectivity index (χ4n) is 7.35. The van der Waals surface area contributed by atoms with Crippen LogP contribution in [0.5, 0.6) is 0 Å². The van der Waals surface area contributed by atoms with E-state index < -0.39 is 0 Å². The monoisotopic (exact) mass is 619 g/mol. The largest absolute Gasteiger partial charge is 0.309 e. The number of aryl methyl sites for hydroxylation is 1. The van der Waals surface area contributed by atoms with Crippen molar-refractivity contribution in [2.45, 2.75) is 33.2 Å². The summed E-state index contributed by atoms with van der Waals surface area (Å²) >= 11 is 0. The number of rotatable bonds is 7. The Balaban J connectivity index is 1.14. The highest BCUT2D eigenvalue weighted by molar-refractivity contribution is 6.10. The Labute approximate surface area is 282 Å². The van der Waals surface area contributed by atoms with E-state index in [1.54, 1.807) is 0 Å². The maximum absolute atomic E-state index is 4.88. The van der Waals surface area contributed by atoms with Gasteiger partial charge >= 0.3 is 0 Å². The second-order valence-corrected chi connectivity index (χ2v) is 12.8. The molecule has 2 aliphatic rings. The van der Waals surface area contributed by atoms with Gasteiger partial charge in [-0.2, -0.15) is 0 Å². The molecule has 3 nitrogen and oxygen atoms in total. The van der Waals surface area contributed by atoms with Crippen molar-refractivity contribution in [1.82, 2.24) is 4.57 Å². The van der Waals surface area contributed by atoms with Crippen LogP contribution in [0.1, 0.15) is 46.7 Å². The summed E-state index contributed by atoms with van der Waals surface area (Å²) in [6.45, 7) is 8.85.